The van der Waals surface area contributed by atoms with Crippen LogP contribution in [0.15, 0.2) is 46.0 Å². The van der Waals surface area contributed by atoms with Crippen molar-refractivity contribution in [1.82, 2.24) is 4.98 Å². The molecular weight excluding hydrogens is 341 g/mol. The largest absolute Gasteiger partial charge is 0.384 e. The zero-order valence-corrected chi connectivity index (χ0v) is 12.8. The molecule has 5 heteroatoms. The van der Waals surface area contributed by atoms with Crippen molar-refractivity contribution >= 4 is 27.7 Å². The van der Waals surface area contributed by atoms with Crippen LogP contribution in [0.25, 0.3) is 0 Å². The first kappa shape index (κ1) is 15.0. The van der Waals surface area contributed by atoms with Gasteiger partial charge in [-0.1, -0.05) is 11.8 Å². The Labute approximate surface area is 129 Å². The summed E-state index contributed by atoms with van der Waals surface area (Å²) >= 11 is 4.94. The Balaban J connectivity index is 2.13. The van der Waals surface area contributed by atoms with Gasteiger partial charge in [0.05, 0.1) is 0 Å². The van der Waals surface area contributed by atoms with Gasteiger partial charge in [-0.05, 0) is 51.8 Å². The minimum atomic E-state index is -0.328. The van der Waals surface area contributed by atoms with Gasteiger partial charge < -0.3 is 5.11 Å². The van der Waals surface area contributed by atoms with Crippen molar-refractivity contribution in [2.45, 2.75) is 10.8 Å². The van der Waals surface area contributed by atoms with Crippen molar-refractivity contribution in [1.29, 1.82) is 0 Å². The van der Waals surface area contributed by atoms with Crippen molar-refractivity contribution in [2.24, 2.45) is 0 Å². The van der Waals surface area contributed by atoms with E-state index < -0.39 is 0 Å². The lowest BCUT2D eigenvalue weighted by Crippen LogP contribution is -1.88. The molecule has 0 aliphatic heterocycles. The molecule has 0 spiro atoms. The average molecular weight is 352 g/mol. The lowest BCUT2D eigenvalue weighted by atomic mass is 10.1. The Kier molecular flexibility index (Phi) is 5.60. The number of halogens is 2. The van der Waals surface area contributed by atoms with Gasteiger partial charge in [-0.15, -0.1) is 11.8 Å². The van der Waals surface area contributed by atoms with Gasteiger partial charge in [0.25, 0.3) is 0 Å². The van der Waals surface area contributed by atoms with Gasteiger partial charge in [0.2, 0.25) is 0 Å². The summed E-state index contributed by atoms with van der Waals surface area (Å²) in [6.07, 6.45) is 1.72. The van der Waals surface area contributed by atoms with E-state index in [9.17, 15) is 4.39 Å². The summed E-state index contributed by atoms with van der Waals surface area (Å²) in [5.74, 6) is 5.50. The molecule has 0 atom stereocenters. The quantitative estimate of drug-likeness (QED) is 0.677. The highest BCUT2D eigenvalue weighted by Gasteiger charge is 2.04. The molecular formula is C15H11BrFNOS. The van der Waals surface area contributed by atoms with Crippen molar-refractivity contribution in [3.8, 4) is 11.8 Å². The third-order valence-corrected chi connectivity index (χ3v) is 4.35. The monoisotopic (exact) mass is 351 g/mol. The Morgan fingerprint density at radius 1 is 1.35 bits per heavy atom. The molecule has 20 heavy (non-hydrogen) atoms. The van der Waals surface area contributed by atoms with Crippen LogP contribution in [0.2, 0.25) is 0 Å². The van der Waals surface area contributed by atoms with E-state index in [1.54, 1.807) is 6.20 Å². The predicted octanol–water partition coefficient (Wildman–Crippen LogP) is 3.62. The van der Waals surface area contributed by atoms with Gasteiger partial charge in [0.15, 0.2) is 0 Å². The first-order valence-electron chi connectivity index (χ1n) is 5.81. The van der Waals surface area contributed by atoms with Gasteiger partial charge in [-0.3, -0.25) is 0 Å². The molecule has 2 nitrogen and oxygen atoms in total. The molecule has 0 fully saturated rings. The fourth-order valence-electron chi connectivity index (χ4n) is 1.58. The van der Waals surface area contributed by atoms with E-state index in [1.165, 1.54) is 23.9 Å². The molecule has 102 valence electrons. The van der Waals surface area contributed by atoms with Crippen molar-refractivity contribution in [3.63, 3.8) is 0 Å². The maximum atomic E-state index is 13.5. The zero-order chi connectivity index (χ0) is 14.4. The van der Waals surface area contributed by atoms with Gasteiger partial charge >= 0.3 is 0 Å². The Hall–Kier alpha value is -1.35. The predicted molar refractivity (Wildman–Crippen MR) is 81.9 cm³/mol. The highest BCUT2D eigenvalue weighted by Crippen LogP contribution is 2.28. The summed E-state index contributed by atoms with van der Waals surface area (Å²) in [7, 11) is 0. The number of hydrogen-bond donors (Lipinski definition) is 1. The van der Waals surface area contributed by atoms with Crippen LogP contribution in [-0.2, 0) is 5.75 Å². The van der Waals surface area contributed by atoms with Crippen molar-refractivity contribution < 1.29 is 9.50 Å². The first-order valence-corrected chi connectivity index (χ1v) is 7.59. The number of hydrogen-bond acceptors (Lipinski definition) is 3. The molecule has 0 aliphatic rings. The summed E-state index contributed by atoms with van der Waals surface area (Å²) in [5.41, 5.74) is 1.39. The Bertz CT molecular complexity index is 666. The smallest absolute Gasteiger partial charge is 0.124 e. The number of aliphatic hydroxyl groups excluding tert-OH is 1. The van der Waals surface area contributed by atoms with E-state index in [4.69, 9.17) is 5.11 Å². The molecule has 2 aromatic rings. The minimum Gasteiger partial charge on any atom is -0.384 e. The fourth-order valence-corrected chi connectivity index (χ4v) is 2.99. The van der Waals surface area contributed by atoms with Crippen LogP contribution in [-0.4, -0.2) is 16.7 Å². The van der Waals surface area contributed by atoms with E-state index in [0.717, 1.165) is 15.1 Å². The molecule has 0 saturated carbocycles. The standard InChI is InChI=1S/C15H11BrFNOS/c16-14-4-1-5-18-15(14)20-10-12-7-11(3-2-6-19)8-13(17)9-12/h1,4-5,7-9,19H,6,10H2. The van der Waals surface area contributed by atoms with Gasteiger partial charge in [0, 0.05) is 22.0 Å². The van der Waals surface area contributed by atoms with Crippen LogP contribution in [0.4, 0.5) is 4.39 Å². The SMILES string of the molecule is OCC#Cc1cc(F)cc(CSc2ncccc2Br)c1. The van der Waals surface area contributed by atoms with Crippen LogP contribution in [0.3, 0.4) is 0 Å². The molecule has 0 aliphatic carbocycles. The summed E-state index contributed by atoms with van der Waals surface area (Å²) < 4.78 is 14.4. The summed E-state index contributed by atoms with van der Waals surface area (Å²) in [4.78, 5) is 4.25. The summed E-state index contributed by atoms with van der Waals surface area (Å²) in [6.45, 7) is -0.235. The zero-order valence-electron chi connectivity index (χ0n) is 10.4. The Morgan fingerprint density at radius 3 is 2.95 bits per heavy atom. The van der Waals surface area contributed by atoms with E-state index in [2.05, 4.69) is 32.8 Å². The molecule has 0 saturated heterocycles. The fraction of sp³-hybridized carbons (Fsp3) is 0.133. The highest BCUT2D eigenvalue weighted by atomic mass is 79.9. The van der Waals surface area contributed by atoms with Crippen LogP contribution in [0, 0.1) is 17.7 Å². The summed E-state index contributed by atoms with van der Waals surface area (Å²) in [6, 6.07) is 8.41. The maximum absolute atomic E-state index is 13.5. The number of rotatable bonds is 3. The number of benzene rings is 1. The molecule has 0 amide bonds. The van der Waals surface area contributed by atoms with E-state index >= 15 is 0 Å². The molecule has 1 heterocycles. The number of nitrogens with zero attached hydrogens (tertiary/aromatic N) is 1. The molecule has 1 aromatic carbocycles. The van der Waals surface area contributed by atoms with E-state index in [1.807, 2.05) is 18.2 Å². The van der Waals surface area contributed by atoms with Crippen LogP contribution >= 0.6 is 27.7 Å². The average Bonchev–Trinajstić information content (AvgIpc) is 2.44. The second-order valence-corrected chi connectivity index (χ2v) is 5.71. The highest BCUT2D eigenvalue weighted by molar-refractivity contribution is 9.10. The van der Waals surface area contributed by atoms with Crippen molar-refractivity contribution in [3.05, 3.63) is 57.9 Å². The molecule has 2 rings (SSSR count). The maximum Gasteiger partial charge on any atom is 0.124 e. The van der Waals surface area contributed by atoms with Crippen molar-refractivity contribution in [2.75, 3.05) is 6.61 Å². The summed E-state index contributed by atoms with van der Waals surface area (Å²) in [5, 5.41) is 9.52. The molecule has 0 unspecified atom stereocenters. The third-order valence-electron chi connectivity index (χ3n) is 2.37. The minimum absolute atomic E-state index is 0.235. The first-order chi connectivity index (χ1) is 9.69. The van der Waals surface area contributed by atoms with Crippen LogP contribution in [0.1, 0.15) is 11.1 Å². The lowest BCUT2D eigenvalue weighted by Gasteiger charge is -2.04. The van der Waals surface area contributed by atoms with E-state index in [-0.39, 0.29) is 12.4 Å². The van der Waals surface area contributed by atoms with Gasteiger partial charge in [0.1, 0.15) is 17.5 Å². The van der Waals surface area contributed by atoms with E-state index in [0.29, 0.717) is 11.3 Å². The number of aliphatic hydroxyl groups is 1. The number of thioether (sulfide) groups is 1. The molecule has 1 N–H and O–H groups in total. The van der Waals surface area contributed by atoms with Gasteiger partial charge in [-0.25, -0.2) is 9.37 Å². The normalized spacial score (nSPS) is 9.95. The van der Waals surface area contributed by atoms with Gasteiger partial charge in [-0.2, -0.15) is 0 Å². The second-order valence-electron chi connectivity index (χ2n) is 3.89. The number of aromatic nitrogens is 1. The second kappa shape index (κ2) is 7.44. The third kappa shape index (κ3) is 4.34. The topological polar surface area (TPSA) is 33.1 Å². The molecule has 0 bridgehead atoms. The molecule has 0 radical (unpaired) electrons. The van der Waals surface area contributed by atoms with Crippen LogP contribution < -0.4 is 0 Å². The Morgan fingerprint density at radius 2 is 2.20 bits per heavy atom. The molecule has 1 aromatic heterocycles. The van der Waals surface area contributed by atoms with Crippen LogP contribution in [0.5, 0.6) is 0 Å². The number of pyridine rings is 1. The lowest BCUT2D eigenvalue weighted by molar-refractivity contribution is 0.350.